The summed E-state index contributed by atoms with van der Waals surface area (Å²) in [6.45, 7) is 12.3. The van der Waals surface area contributed by atoms with Gasteiger partial charge in [0.2, 0.25) is 6.79 Å². The summed E-state index contributed by atoms with van der Waals surface area (Å²) >= 11 is 0. The van der Waals surface area contributed by atoms with E-state index in [-0.39, 0.29) is 12.7 Å². The first kappa shape index (κ1) is 19.5. The molecule has 0 radical (unpaired) electrons. The van der Waals surface area contributed by atoms with Crippen molar-refractivity contribution < 1.29 is 14.3 Å². The Labute approximate surface area is 140 Å². The summed E-state index contributed by atoms with van der Waals surface area (Å²) in [7, 11) is 0. The molecule has 1 rings (SSSR count). The molecule has 0 aliphatic rings. The number of benzene rings is 1. The molecule has 4 nitrogen and oxygen atoms in total. The number of ether oxygens (including phenoxy) is 2. The van der Waals surface area contributed by atoms with E-state index in [1.165, 1.54) is 0 Å². The Morgan fingerprint density at radius 2 is 1.61 bits per heavy atom. The van der Waals surface area contributed by atoms with Gasteiger partial charge in [-0.1, -0.05) is 66.2 Å². The van der Waals surface area contributed by atoms with Gasteiger partial charge in [0.05, 0.1) is 0 Å². The van der Waals surface area contributed by atoms with Crippen LogP contribution >= 0.6 is 0 Å². The molecule has 0 saturated carbocycles. The molecule has 0 aliphatic heterocycles. The van der Waals surface area contributed by atoms with Crippen molar-refractivity contribution in [2.75, 3.05) is 6.79 Å². The van der Waals surface area contributed by atoms with E-state index in [0.29, 0.717) is 11.8 Å². The van der Waals surface area contributed by atoms with Crippen LogP contribution in [0, 0.1) is 5.92 Å². The summed E-state index contributed by atoms with van der Waals surface area (Å²) in [5.74, 6) is 1.18. The van der Waals surface area contributed by atoms with Crippen LogP contribution in [0.4, 0.5) is 0 Å². The lowest BCUT2D eigenvalue weighted by atomic mass is 9.94. The van der Waals surface area contributed by atoms with Crippen LogP contribution < -0.4 is 10.5 Å². The molecule has 0 bridgehead atoms. The standard InChI is InChI=1S/C19H31NO3/c1-7-14(6)17(20)19(21)23-11-22-18-15(12(2)3)9-8-10-16(18)13(4)5/h8-10,12-14,17H,7,11,20H2,1-6H3/t14-,17-/m0/s1. The Kier molecular flexibility index (Phi) is 7.56. The summed E-state index contributed by atoms with van der Waals surface area (Å²) in [5, 5.41) is 0. The molecule has 0 heterocycles. The van der Waals surface area contributed by atoms with Crippen molar-refractivity contribution in [2.24, 2.45) is 11.7 Å². The fourth-order valence-corrected chi connectivity index (χ4v) is 2.38. The Morgan fingerprint density at radius 1 is 1.09 bits per heavy atom. The lowest BCUT2D eigenvalue weighted by Crippen LogP contribution is -2.38. The topological polar surface area (TPSA) is 61.6 Å². The van der Waals surface area contributed by atoms with Gasteiger partial charge in [0, 0.05) is 0 Å². The van der Waals surface area contributed by atoms with Gasteiger partial charge in [-0.3, -0.25) is 4.79 Å². The van der Waals surface area contributed by atoms with E-state index in [4.69, 9.17) is 15.2 Å². The van der Waals surface area contributed by atoms with Crippen LogP contribution in [-0.2, 0) is 9.53 Å². The molecule has 4 heteroatoms. The first-order valence-corrected chi connectivity index (χ1v) is 8.47. The highest BCUT2D eigenvalue weighted by atomic mass is 16.7. The molecular weight excluding hydrogens is 290 g/mol. The SMILES string of the molecule is CC[C@H](C)[C@H](N)C(=O)OCOc1c(C(C)C)cccc1C(C)C. The smallest absolute Gasteiger partial charge is 0.326 e. The number of rotatable bonds is 8. The molecule has 0 aliphatic carbocycles. The van der Waals surface area contributed by atoms with Gasteiger partial charge in [0.1, 0.15) is 11.8 Å². The second-order valence-electron chi connectivity index (χ2n) is 6.71. The average molecular weight is 321 g/mol. The van der Waals surface area contributed by atoms with Gasteiger partial charge in [0.15, 0.2) is 0 Å². The van der Waals surface area contributed by atoms with Crippen LogP contribution in [-0.4, -0.2) is 18.8 Å². The fourth-order valence-electron chi connectivity index (χ4n) is 2.38. The van der Waals surface area contributed by atoms with Crippen LogP contribution in [0.3, 0.4) is 0 Å². The predicted octanol–water partition coefficient (Wildman–Crippen LogP) is 4.19. The van der Waals surface area contributed by atoms with Crippen molar-refractivity contribution in [1.29, 1.82) is 0 Å². The molecule has 0 fully saturated rings. The molecular formula is C19H31NO3. The molecule has 0 spiro atoms. The fraction of sp³-hybridized carbons (Fsp3) is 0.632. The number of esters is 1. The minimum Gasteiger partial charge on any atom is -0.457 e. The second-order valence-corrected chi connectivity index (χ2v) is 6.71. The van der Waals surface area contributed by atoms with Gasteiger partial charge >= 0.3 is 5.97 Å². The summed E-state index contributed by atoms with van der Waals surface area (Å²) < 4.78 is 11.0. The molecule has 1 aromatic rings. The third-order valence-electron chi connectivity index (χ3n) is 4.25. The lowest BCUT2D eigenvalue weighted by Gasteiger charge is -2.21. The summed E-state index contributed by atoms with van der Waals surface area (Å²) in [6, 6.07) is 5.55. The number of para-hydroxylation sites is 1. The van der Waals surface area contributed by atoms with Crippen LogP contribution in [0.2, 0.25) is 0 Å². The Hall–Kier alpha value is -1.55. The molecule has 0 unspecified atom stereocenters. The number of hydrogen-bond donors (Lipinski definition) is 1. The van der Waals surface area contributed by atoms with Gasteiger partial charge in [-0.25, -0.2) is 0 Å². The van der Waals surface area contributed by atoms with E-state index in [0.717, 1.165) is 23.3 Å². The zero-order valence-electron chi connectivity index (χ0n) is 15.3. The van der Waals surface area contributed by atoms with Gasteiger partial charge in [-0.2, -0.15) is 0 Å². The van der Waals surface area contributed by atoms with Gasteiger partial charge in [-0.15, -0.1) is 0 Å². The molecule has 2 atom stereocenters. The minimum absolute atomic E-state index is 0.0941. The number of hydrogen-bond acceptors (Lipinski definition) is 4. The monoisotopic (exact) mass is 321 g/mol. The van der Waals surface area contributed by atoms with Gasteiger partial charge in [0.25, 0.3) is 0 Å². The summed E-state index contributed by atoms with van der Waals surface area (Å²) in [4.78, 5) is 11.9. The van der Waals surface area contributed by atoms with Crippen LogP contribution in [0.5, 0.6) is 5.75 Å². The zero-order chi connectivity index (χ0) is 17.6. The van der Waals surface area contributed by atoms with Crippen LogP contribution in [0.15, 0.2) is 18.2 Å². The minimum atomic E-state index is -0.603. The Balaban J connectivity index is 2.79. The van der Waals surface area contributed by atoms with E-state index in [9.17, 15) is 4.79 Å². The molecule has 2 N–H and O–H groups in total. The maximum Gasteiger partial charge on any atom is 0.326 e. The normalized spacial score (nSPS) is 14.0. The maximum atomic E-state index is 11.9. The molecule has 0 saturated heterocycles. The first-order chi connectivity index (χ1) is 10.8. The number of carbonyl (C=O) groups excluding carboxylic acids is 1. The highest BCUT2D eigenvalue weighted by Gasteiger charge is 2.21. The van der Waals surface area contributed by atoms with Crippen molar-refractivity contribution in [3.8, 4) is 5.75 Å². The Morgan fingerprint density at radius 3 is 2.04 bits per heavy atom. The predicted molar refractivity (Wildman–Crippen MR) is 93.6 cm³/mol. The quantitative estimate of drug-likeness (QED) is 0.576. The molecule has 23 heavy (non-hydrogen) atoms. The van der Waals surface area contributed by atoms with Crippen molar-refractivity contribution in [2.45, 2.75) is 65.8 Å². The van der Waals surface area contributed by atoms with Crippen molar-refractivity contribution in [1.82, 2.24) is 0 Å². The van der Waals surface area contributed by atoms with E-state index in [2.05, 4.69) is 39.8 Å². The summed E-state index contributed by atoms with van der Waals surface area (Å²) in [6.07, 6.45) is 0.838. The van der Waals surface area contributed by atoms with E-state index >= 15 is 0 Å². The van der Waals surface area contributed by atoms with Crippen LogP contribution in [0.1, 0.15) is 70.9 Å². The lowest BCUT2D eigenvalue weighted by molar-refractivity contribution is -0.153. The van der Waals surface area contributed by atoms with Gasteiger partial charge in [-0.05, 0) is 28.9 Å². The van der Waals surface area contributed by atoms with E-state index in [1.807, 2.05) is 19.9 Å². The highest BCUT2D eigenvalue weighted by molar-refractivity contribution is 5.75. The molecule has 1 aromatic carbocycles. The van der Waals surface area contributed by atoms with Crippen molar-refractivity contribution in [3.63, 3.8) is 0 Å². The largest absolute Gasteiger partial charge is 0.457 e. The molecule has 0 aromatic heterocycles. The van der Waals surface area contributed by atoms with E-state index in [1.54, 1.807) is 0 Å². The van der Waals surface area contributed by atoms with Gasteiger partial charge < -0.3 is 15.2 Å². The molecule has 130 valence electrons. The third-order valence-corrected chi connectivity index (χ3v) is 4.25. The zero-order valence-corrected chi connectivity index (χ0v) is 15.3. The van der Waals surface area contributed by atoms with Crippen molar-refractivity contribution >= 4 is 5.97 Å². The highest BCUT2D eigenvalue weighted by Crippen LogP contribution is 2.34. The number of carbonyl (C=O) groups is 1. The third kappa shape index (κ3) is 5.24. The second kappa shape index (κ2) is 8.92. The van der Waals surface area contributed by atoms with Crippen LogP contribution in [0.25, 0.3) is 0 Å². The summed E-state index contributed by atoms with van der Waals surface area (Å²) in [5.41, 5.74) is 8.12. The molecule has 0 amide bonds. The maximum absolute atomic E-state index is 11.9. The Bertz CT molecular complexity index is 485. The number of nitrogens with two attached hydrogens (primary N) is 1. The van der Waals surface area contributed by atoms with Crippen molar-refractivity contribution in [3.05, 3.63) is 29.3 Å². The van der Waals surface area contributed by atoms with E-state index < -0.39 is 12.0 Å². The first-order valence-electron chi connectivity index (χ1n) is 8.47. The average Bonchev–Trinajstić information content (AvgIpc) is 2.52.